The second-order valence-electron chi connectivity index (χ2n) is 5.66. The normalized spacial score (nSPS) is 12.6. The summed E-state index contributed by atoms with van der Waals surface area (Å²) in [5.41, 5.74) is 1.63. The fourth-order valence-electron chi connectivity index (χ4n) is 2.80. The fraction of sp³-hybridized carbons (Fsp3) is 0.111. The SMILES string of the molecule is Oc1cc(COc2cccc3c2OCO3)nc2cc(-c3ccco3)nn12. The Labute approximate surface area is 147 Å². The molecule has 0 saturated heterocycles. The van der Waals surface area contributed by atoms with E-state index >= 15 is 0 Å². The maximum absolute atomic E-state index is 10.2. The summed E-state index contributed by atoms with van der Waals surface area (Å²) in [6, 6.07) is 12.2. The van der Waals surface area contributed by atoms with Crippen LogP contribution in [0.25, 0.3) is 17.1 Å². The number of aromatic nitrogens is 3. The molecular formula is C18H13N3O5. The number of nitrogens with zero attached hydrogens (tertiary/aromatic N) is 3. The molecule has 0 spiro atoms. The van der Waals surface area contributed by atoms with Crippen LogP contribution in [-0.2, 0) is 6.61 Å². The summed E-state index contributed by atoms with van der Waals surface area (Å²) in [4.78, 5) is 4.48. The Balaban J connectivity index is 1.44. The summed E-state index contributed by atoms with van der Waals surface area (Å²) in [5, 5.41) is 14.5. The highest BCUT2D eigenvalue weighted by Crippen LogP contribution is 2.40. The smallest absolute Gasteiger partial charge is 0.231 e. The van der Waals surface area contributed by atoms with Crippen molar-refractivity contribution in [3.8, 4) is 34.6 Å². The van der Waals surface area contributed by atoms with Crippen LogP contribution in [0, 0.1) is 0 Å². The van der Waals surface area contributed by atoms with E-state index in [-0.39, 0.29) is 19.3 Å². The van der Waals surface area contributed by atoms with Crippen LogP contribution in [0.15, 0.2) is 53.1 Å². The third kappa shape index (κ3) is 2.39. The van der Waals surface area contributed by atoms with Crippen LogP contribution in [0.1, 0.15) is 5.69 Å². The molecule has 4 heterocycles. The van der Waals surface area contributed by atoms with Gasteiger partial charge in [-0.1, -0.05) is 6.07 Å². The van der Waals surface area contributed by atoms with Crippen molar-refractivity contribution in [1.29, 1.82) is 0 Å². The van der Waals surface area contributed by atoms with Gasteiger partial charge in [0.15, 0.2) is 22.9 Å². The maximum atomic E-state index is 10.2. The number of hydrogen-bond donors (Lipinski definition) is 1. The number of furan rings is 1. The topological polar surface area (TPSA) is 91.2 Å². The Hall–Kier alpha value is -3.68. The summed E-state index contributed by atoms with van der Waals surface area (Å²) in [6.45, 7) is 0.331. The predicted molar refractivity (Wildman–Crippen MR) is 89.3 cm³/mol. The van der Waals surface area contributed by atoms with Gasteiger partial charge in [-0.15, -0.1) is 0 Å². The first-order chi connectivity index (χ1) is 12.8. The number of benzene rings is 1. The van der Waals surface area contributed by atoms with Gasteiger partial charge in [-0.2, -0.15) is 9.61 Å². The van der Waals surface area contributed by atoms with Crippen LogP contribution in [0.4, 0.5) is 0 Å². The quantitative estimate of drug-likeness (QED) is 0.604. The lowest BCUT2D eigenvalue weighted by atomic mass is 10.3. The lowest BCUT2D eigenvalue weighted by molar-refractivity contribution is 0.169. The third-order valence-corrected chi connectivity index (χ3v) is 3.97. The molecule has 5 rings (SSSR count). The molecule has 1 N–H and O–H groups in total. The molecule has 0 amide bonds. The molecule has 1 aliphatic rings. The first-order valence-electron chi connectivity index (χ1n) is 7.92. The zero-order chi connectivity index (χ0) is 17.5. The van der Waals surface area contributed by atoms with E-state index in [2.05, 4.69) is 10.1 Å². The molecule has 0 aliphatic carbocycles. The monoisotopic (exact) mass is 351 g/mol. The molecule has 0 atom stereocenters. The van der Waals surface area contributed by atoms with E-state index in [0.717, 1.165) is 0 Å². The molecule has 26 heavy (non-hydrogen) atoms. The number of ether oxygens (including phenoxy) is 3. The Kier molecular flexibility index (Phi) is 3.21. The molecule has 8 nitrogen and oxygen atoms in total. The fourth-order valence-corrected chi connectivity index (χ4v) is 2.80. The molecule has 1 aromatic carbocycles. The van der Waals surface area contributed by atoms with Gasteiger partial charge in [-0.25, -0.2) is 4.98 Å². The molecule has 0 fully saturated rings. The molecule has 3 aromatic heterocycles. The summed E-state index contributed by atoms with van der Waals surface area (Å²) < 4.78 is 23.2. The van der Waals surface area contributed by atoms with Crippen LogP contribution in [0.2, 0.25) is 0 Å². The van der Waals surface area contributed by atoms with Gasteiger partial charge in [0.25, 0.3) is 0 Å². The van der Waals surface area contributed by atoms with Gasteiger partial charge in [0, 0.05) is 12.1 Å². The second-order valence-corrected chi connectivity index (χ2v) is 5.66. The lowest BCUT2D eigenvalue weighted by Crippen LogP contribution is -2.02. The number of para-hydroxylation sites is 1. The Morgan fingerprint density at radius 3 is 3.00 bits per heavy atom. The van der Waals surface area contributed by atoms with E-state index < -0.39 is 0 Å². The Morgan fingerprint density at radius 1 is 1.15 bits per heavy atom. The molecule has 4 aromatic rings. The third-order valence-electron chi connectivity index (χ3n) is 3.97. The van der Waals surface area contributed by atoms with Crippen molar-refractivity contribution >= 4 is 5.65 Å². The van der Waals surface area contributed by atoms with E-state index in [1.54, 1.807) is 30.5 Å². The van der Waals surface area contributed by atoms with Gasteiger partial charge in [0.2, 0.25) is 18.4 Å². The summed E-state index contributed by atoms with van der Waals surface area (Å²) in [6.07, 6.45) is 1.57. The van der Waals surface area contributed by atoms with Gasteiger partial charge in [-0.05, 0) is 24.3 Å². The van der Waals surface area contributed by atoms with E-state index in [9.17, 15) is 5.11 Å². The van der Waals surface area contributed by atoms with Crippen LogP contribution >= 0.6 is 0 Å². The first-order valence-corrected chi connectivity index (χ1v) is 7.92. The van der Waals surface area contributed by atoms with E-state index in [1.165, 1.54) is 10.6 Å². The van der Waals surface area contributed by atoms with Gasteiger partial charge >= 0.3 is 0 Å². The van der Waals surface area contributed by atoms with Crippen molar-refractivity contribution in [1.82, 2.24) is 14.6 Å². The highest BCUT2D eigenvalue weighted by molar-refractivity contribution is 5.60. The number of rotatable bonds is 4. The minimum Gasteiger partial charge on any atom is -0.493 e. The summed E-state index contributed by atoms with van der Waals surface area (Å²) >= 11 is 0. The molecule has 1 aliphatic heterocycles. The zero-order valence-electron chi connectivity index (χ0n) is 13.5. The van der Waals surface area contributed by atoms with Crippen LogP contribution in [-0.4, -0.2) is 26.5 Å². The average Bonchev–Trinajstić information content (AvgIpc) is 3.38. The number of fused-ring (bicyclic) bond motifs is 2. The predicted octanol–water partition coefficient (Wildman–Crippen LogP) is 3.00. The van der Waals surface area contributed by atoms with E-state index in [1.807, 2.05) is 12.1 Å². The van der Waals surface area contributed by atoms with Gasteiger partial charge in [-0.3, -0.25) is 0 Å². The van der Waals surface area contributed by atoms with Gasteiger partial charge < -0.3 is 23.7 Å². The molecule has 0 saturated carbocycles. The van der Waals surface area contributed by atoms with Crippen molar-refractivity contribution in [3.63, 3.8) is 0 Å². The number of aromatic hydroxyl groups is 1. The summed E-state index contributed by atoms with van der Waals surface area (Å²) in [7, 11) is 0. The Bertz CT molecular complexity index is 1090. The van der Waals surface area contributed by atoms with E-state index in [4.69, 9.17) is 18.6 Å². The van der Waals surface area contributed by atoms with Gasteiger partial charge in [0.1, 0.15) is 12.3 Å². The largest absolute Gasteiger partial charge is 0.493 e. The summed E-state index contributed by atoms with van der Waals surface area (Å²) in [5.74, 6) is 2.34. The maximum Gasteiger partial charge on any atom is 0.231 e. The van der Waals surface area contributed by atoms with Crippen molar-refractivity contribution in [3.05, 3.63) is 54.4 Å². The minimum absolute atomic E-state index is 0.0377. The molecule has 8 heteroatoms. The standard InChI is InChI=1S/C18H13N3O5/c22-17-7-11(9-24-14-3-1-4-15-18(14)26-10-25-15)19-16-8-12(20-21(16)17)13-5-2-6-23-13/h1-8,22H,9-10H2. The van der Waals surface area contributed by atoms with Crippen LogP contribution in [0.3, 0.4) is 0 Å². The van der Waals surface area contributed by atoms with Crippen LogP contribution in [0.5, 0.6) is 23.1 Å². The highest BCUT2D eigenvalue weighted by Gasteiger charge is 2.19. The highest BCUT2D eigenvalue weighted by atomic mass is 16.7. The molecule has 0 bridgehead atoms. The number of hydrogen-bond acceptors (Lipinski definition) is 7. The van der Waals surface area contributed by atoms with Crippen LogP contribution < -0.4 is 14.2 Å². The molecule has 0 unspecified atom stereocenters. The van der Waals surface area contributed by atoms with E-state index in [0.29, 0.717) is 40.0 Å². The second kappa shape index (κ2) is 5.69. The first kappa shape index (κ1) is 14.6. The molecule has 0 radical (unpaired) electrons. The van der Waals surface area contributed by atoms with Crippen molar-refractivity contribution in [2.24, 2.45) is 0 Å². The van der Waals surface area contributed by atoms with Crippen molar-refractivity contribution in [2.45, 2.75) is 6.61 Å². The molecular weight excluding hydrogens is 338 g/mol. The average molecular weight is 351 g/mol. The van der Waals surface area contributed by atoms with Crippen molar-refractivity contribution < 1.29 is 23.7 Å². The lowest BCUT2D eigenvalue weighted by Gasteiger charge is -2.09. The molecule has 130 valence electrons. The van der Waals surface area contributed by atoms with Crippen molar-refractivity contribution in [2.75, 3.05) is 6.79 Å². The minimum atomic E-state index is -0.0377. The van der Waals surface area contributed by atoms with Gasteiger partial charge in [0.05, 0.1) is 12.0 Å². The Morgan fingerprint density at radius 2 is 2.12 bits per heavy atom. The zero-order valence-corrected chi connectivity index (χ0v) is 13.5.